The molecule has 5 nitrogen and oxygen atoms in total. The fourth-order valence-electron chi connectivity index (χ4n) is 4.82. The standard InChI is InChI=1S/C25H24N2O3/c1-24(2)17-25(3,19-12-9-13-20(16-19)27(29)30)21-14-7-8-15-22(21)26(24)23(28)18-10-5-4-6-11-18/h4-16H,17H2,1-3H3/t25-/m0/s1. The number of para-hydroxylation sites is 1. The van der Waals surface area contributed by atoms with Gasteiger partial charge in [0.25, 0.3) is 11.6 Å². The summed E-state index contributed by atoms with van der Waals surface area (Å²) in [6.45, 7) is 6.22. The zero-order valence-corrected chi connectivity index (χ0v) is 17.3. The van der Waals surface area contributed by atoms with Gasteiger partial charge in [-0.25, -0.2) is 0 Å². The van der Waals surface area contributed by atoms with Gasteiger partial charge in [-0.1, -0.05) is 55.5 Å². The molecule has 1 atom stereocenters. The van der Waals surface area contributed by atoms with Crippen LogP contribution in [-0.4, -0.2) is 16.4 Å². The molecule has 1 heterocycles. The van der Waals surface area contributed by atoms with Crippen LogP contribution in [0, 0.1) is 10.1 Å². The Morgan fingerprint density at radius 1 is 0.933 bits per heavy atom. The van der Waals surface area contributed by atoms with Gasteiger partial charge in [0.15, 0.2) is 0 Å². The highest BCUT2D eigenvalue weighted by Gasteiger charge is 2.48. The molecule has 4 rings (SSSR count). The van der Waals surface area contributed by atoms with E-state index in [1.807, 2.05) is 65.6 Å². The molecule has 0 saturated carbocycles. The van der Waals surface area contributed by atoms with E-state index in [9.17, 15) is 14.9 Å². The van der Waals surface area contributed by atoms with Crippen molar-refractivity contribution in [3.63, 3.8) is 0 Å². The molecule has 0 unspecified atom stereocenters. The van der Waals surface area contributed by atoms with Crippen LogP contribution in [0.1, 0.15) is 48.7 Å². The van der Waals surface area contributed by atoms with Crippen molar-refractivity contribution in [2.45, 2.75) is 38.1 Å². The number of carbonyl (C=O) groups is 1. The first-order valence-electron chi connectivity index (χ1n) is 9.98. The van der Waals surface area contributed by atoms with E-state index in [0.717, 1.165) is 16.8 Å². The number of fused-ring (bicyclic) bond motifs is 1. The third-order valence-electron chi connectivity index (χ3n) is 6.05. The Morgan fingerprint density at radius 2 is 1.60 bits per heavy atom. The number of hydrogen-bond acceptors (Lipinski definition) is 3. The van der Waals surface area contributed by atoms with E-state index >= 15 is 0 Å². The van der Waals surface area contributed by atoms with Gasteiger partial charge in [-0.3, -0.25) is 14.9 Å². The van der Waals surface area contributed by atoms with Gasteiger partial charge in [0.1, 0.15) is 0 Å². The van der Waals surface area contributed by atoms with Gasteiger partial charge in [-0.05, 0) is 49.6 Å². The molecule has 5 heteroatoms. The summed E-state index contributed by atoms with van der Waals surface area (Å²) >= 11 is 0. The highest BCUT2D eigenvalue weighted by molar-refractivity contribution is 6.08. The van der Waals surface area contributed by atoms with Crippen LogP contribution in [0.15, 0.2) is 78.9 Å². The highest BCUT2D eigenvalue weighted by Crippen LogP contribution is 2.51. The Morgan fingerprint density at radius 3 is 2.30 bits per heavy atom. The highest BCUT2D eigenvalue weighted by atomic mass is 16.6. The molecule has 152 valence electrons. The van der Waals surface area contributed by atoms with E-state index in [1.165, 1.54) is 6.07 Å². The predicted molar refractivity (Wildman–Crippen MR) is 118 cm³/mol. The first-order chi connectivity index (χ1) is 14.2. The largest absolute Gasteiger partial charge is 0.302 e. The lowest BCUT2D eigenvalue weighted by Gasteiger charge is -2.51. The summed E-state index contributed by atoms with van der Waals surface area (Å²) in [4.78, 5) is 26.4. The van der Waals surface area contributed by atoms with E-state index in [-0.39, 0.29) is 16.5 Å². The number of amides is 1. The van der Waals surface area contributed by atoms with Crippen LogP contribution in [-0.2, 0) is 5.41 Å². The third kappa shape index (κ3) is 3.16. The Balaban J connectivity index is 1.90. The van der Waals surface area contributed by atoms with E-state index < -0.39 is 11.0 Å². The Labute approximate surface area is 176 Å². The minimum atomic E-state index is -0.499. The fourth-order valence-corrected chi connectivity index (χ4v) is 4.82. The molecule has 0 radical (unpaired) electrons. The Hall–Kier alpha value is -3.47. The number of nitro groups is 1. The molecule has 0 fully saturated rings. The van der Waals surface area contributed by atoms with Gasteiger partial charge in [-0.15, -0.1) is 0 Å². The maximum Gasteiger partial charge on any atom is 0.269 e. The van der Waals surface area contributed by atoms with Crippen molar-refractivity contribution >= 4 is 17.3 Å². The van der Waals surface area contributed by atoms with Crippen LogP contribution >= 0.6 is 0 Å². The van der Waals surface area contributed by atoms with Gasteiger partial charge in [0, 0.05) is 34.3 Å². The lowest BCUT2D eigenvalue weighted by atomic mass is 9.65. The number of benzene rings is 3. The maximum atomic E-state index is 13.5. The van der Waals surface area contributed by atoms with Gasteiger partial charge in [0.2, 0.25) is 0 Å². The second kappa shape index (κ2) is 7.10. The molecule has 1 aliphatic heterocycles. The molecule has 0 saturated heterocycles. The van der Waals surface area contributed by atoms with Crippen LogP contribution in [0.3, 0.4) is 0 Å². The normalized spacial score (nSPS) is 19.8. The van der Waals surface area contributed by atoms with Gasteiger partial charge < -0.3 is 4.90 Å². The topological polar surface area (TPSA) is 63.5 Å². The summed E-state index contributed by atoms with van der Waals surface area (Å²) in [6, 6.07) is 24.0. The van der Waals surface area contributed by atoms with Crippen molar-refractivity contribution < 1.29 is 9.72 Å². The number of hydrogen-bond donors (Lipinski definition) is 0. The summed E-state index contributed by atoms with van der Waals surface area (Å²) < 4.78 is 0. The number of anilines is 1. The van der Waals surface area contributed by atoms with Crippen molar-refractivity contribution in [2.75, 3.05) is 4.90 Å². The summed E-state index contributed by atoms with van der Waals surface area (Å²) in [5.74, 6) is -0.0471. The van der Waals surface area contributed by atoms with Crippen LogP contribution in [0.5, 0.6) is 0 Å². The molecule has 1 aliphatic rings. The van der Waals surface area contributed by atoms with Crippen LogP contribution in [0.2, 0.25) is 0 Å². The summed E-state index contributed by atoms with van der Waals surface area (Å²) in [5.41, 5.74) is 2.46. The number of non-ortho nitro benzene ring substituents is 1. The van der Waals surface area contributed by atoms with Crippen molar-refractivity contribution in [1.29, 1.82) is 0 Å². The molecule has 1 amide bonds. The zero-order valence-electron chi connectivity index (χ0n) is 17.3. The second-order valence-electron chi connectivity index (χ2n) is 8.65. The molecule has 0 N–H and O–H groups in total. The third-order valence-corrected chi connectivity index (χ3v) is 6.05. The fraction of sp³-hybridized carbons (Fsp3) is 0.240. The van der Waals surface area contributed by atoms with Crippen molar-refractivity contribution in [3.05, 3.63) is 106 Å². The molecular weight excluding hydrogens is 376 g/mol. The lowest BCUT2D eigenvalue weighted by molar-refractivity contribution is -0.385. The molecular formula is C25H24N2O3. The minimum absolute atomic E-state index is 0.0471. The number of nitro benzene ring substituents is 1. The van der Waals surface area contributed by atoms with Gasteiger partial charge in [0.05, 0.1) is 4.92 Å². The number of rotatable bonds is 3. The summed E-state index contributed by atoms with van der Waals surface area (Å²) in [5, 5.41) is 11.4. The van der Waals surface area contributed by atoms with Gasteiger partial charge in [-0.2, -0.15) is 0 Å². The average molecular weight is 400 g/mol. The minimum Gasteiger partial charge on any atom is -0.302 e. The van der Waals surface area contributed by atoms with Crippen molar-refractivity contribution in [1.82, 2.24) is 0 Å². The molecule has 3 aromatic carbocycles. The Bertz CT molecular complexity index is 1120. The maximum absolute atomic E-state index is 13.5. The monoisotopic (exact) mass is 400 g/mol. The molecule has 0 aromatic heterocycles. The first-order valence-corrected chi connectivity index (χ1v) is 9.98. The summed E-state index contributed by atoms with van der Waals surface area (Å²) in [7, 11) is 0. The number of nitrogens with zero attached hydrogens (tertiary/aromatic N) is 2. The molecule has 30 heavy (non-hydrogen) atoms. The Kier molecular flexibility index (Phi) is 4.69. The SMILES string of the molecule is CC1(C)C[C@@](C)(c2cccc([N+](=O)[O-])c2)c2ccccc2N1C(=O)c1ccccc1. The lowest BCUT2D eigenvalue weighted by Crippen LogP contribution is -2.55. The quantitative estimate of drug-likeness (QED) is 0.417. The summed E-state index contributed by atoms with van der Waals surface area (Å²) in [6.07, 6.45) is 0.636. The van der Waals surface area contributed by atoms with E-state index in [1.54, 1.807) is 12.1 Å². The smallest absolute Gasteiger partial charge is 0.269 e. The van der Waals surface area contributed by atoms with Crippen LogP contribution < -0.4 is 4.90 Å². The zero-order chi connectivity index (χ0) is 21.5. The predicted octanol–water partition coefficient (Wildman–Crippen LogP) is 5.73. The van der Waals surface area contributed by atoms with E-state index in [0.29, 0.717) is 12.0 Å². The van der Waals surface area contributed by atoms with Crippen molar-refractivity contribution in [3.8, 4) is 0 Å². The number of carbonyl (C=O) groups excluding carboxylic acids is 1. The van der Waals surface area contributed by atoms with Crippen LogP contribution in [0.4, 0.5) is 11.4 Å². The molecule has 0 spiro atoms. The first kappa shape index (κ1) is 19.8. The second-order valence-corrected chi connectivity index (χ2v) is 8.65. The molecule has 0 bridgehead atoms. The van der Waals surface area contributed by atoms with Gasteiger partial charge >= 0.3 is 0 Å². The van der Waals surface area contributed by atoms with Crippen molar-refractivity contribution in [2.24, 2.45) is 0 Å². The molecule has 3 aromatic rings. The molecule has 0 aliphatic carbocycles. The van der Waals surface area contributed by atoms with E-state index in [4.69, 9.17) is 0 Å². The van der Waals surface area contributed by atoms with E-state index in [2.05, 4.69) is 20.8 Å². The van der Waals surface area contributed by atoms with Crippen LogP contribution in [0.25, 0.3) is 0 Å². The average Bonchev–Trinajstić information content (AvgIpc) is 2.73.